The molecule has 2 N–H and O–H groups in total. The van der Waals surface area contributed by atoms with E-state index in [1.165, 1.54) is 24.3 Å². The standard InChI is InChI=1S/C24H25FN4O3/c1-31-19-6-4-5-16(13-19)20-14-27-24(26)28-23(20)21-7-2-3-12-29(21)22(30)15-32-18-10-8-17(25)9-11-18/h4-6,8-11,13-14,21H,2-3,7,12,15H2,1H3,(H2,26,27,28). The number of nitrogen functional groups attached to an aromatic ring is 1. The molecule has 1 fully saturated rings. The maximum Gasteiger partial charge on any atom is 0.261 e. The number of ether oxygens (including phenoxy) is 2. The van der Waals surface area contributed by atoms with Gasteiger partial charge in [-0.3, -0.25) is 4.79 Å². The van der Waals surface area contributed by atoms with Crippen LogP contribution in [-0.2, 0) is 4.79 Å². The molecule has 0 spiro atoms. The van der Waals surface area contributed by atoms with Crippen molar-refractivity contribution in [2.75, 3.05) is 26.0 Å². The Hall–Kier alpha value is -3.68. The molecule has 4 rings (SSSR count). The van der Waals surface area contributed by atoms with Gasteiger partial charge in [0.05, 0.1) is 18.8 Å². The zero-order chi connectivity index (χ0) is 22.5. The molecule has 0 aliphatic carbocycles. The monoisotopic (exact) mass is 436 g/mol. The van der Waals surface area contributed by atoms with Crippen molar-refractivity contribution in [2.24, 2.45) is 0 Å². The van der Waals surface area contributed by atoms with E-state index in [1.54, 1.807) is 18.2 Å². The summed E-state index contributed by atoms with van der Waals surface area (Å²) in [5, 5.41) is 0. The van der Waals surface area contributed by atoms with Gasteiger partial charge in [0.2, 0.25) is 5.95 Å². The number of anilines is 1. The number of aromatic nitrogens is 2. The van der Waals surface area contributed by atoms with Gasteiger partial charge < -0.3 is 20.1 Å². The first-order valence-corrected chi connectivity index (χ1v) is 10.5. The minimum Gasteiger partial charge on any atom is -0.497 e. The van der Waals surface area contributed by atoms with Crippen LogP contribution in [0.25, 0.3) is 11.1 Å². The fraction of sp³-hybridized carbons (Fsp3) is 0.292. The third-order valence-electron chi connectivity index (χ3n) is 5.53. The maximum absolute atomic E-state index is 13.1. The van der Waals surface area contributed by atoms with Gasteiger partial charge in [-0.05, 0) is 61.2 Å². The van der Waals surface area contributed by atoms with E-state index in [1.807, 2.05) is 24.3 Å². The van der Waals surface area contributed by atoms with E-state index in [4.69, 9.17) is 15.2 Å². The first-order chi connectivity index (χ1) is 15.5. The number of carbonyl (C=O) groups is 1. The SMILES string of the molecule is COc1cccc(-c2cnc(N)nc2C2CCCCN2C(=O)COc2ccc(F)cc2)c1. The lowest BCUT2D eigenvalue weighted by Gasteiger charge is -2.36. The Morgan fingerprint density at radius 2 is 2.00 bits per heavy atom. The molecule has 1 saturated heterocycles. The van der Waals surface area contributed by atoms with Crippen LogP contribution < -0.4 is 15.2 Å². The Labute approximate surface area is 186 Å². The molecule has 1 aliphatic heterocycles. The molecule has 1 amide bonds. The van der Waals surface area contributed by atoms with Crippen molar-refractivity contribution < 1.29 is 18.7 Å². The van der Waals surface area contributed by atoms with E-state index >= 15 is 0 Å². The van der Waals surface area contributed by atoms with Gasteiger partial charge in [0.15, 0.2) is 6.61 Å². The molecule has 2 aromatic carbocycles. The van der Waals surface area contributed by atoms with E-state index in [2.05, 4.69) is 9.97 Å². The second-order valence-corrected chi connectivity index (χ2v) is 7.60. The first-order valence-electron chi connectivity index (χ1n) is 10.5. The van der Waals surface area contributed by atoms with E-state index < -0.39 is 0 Å². The van der Waals surface area contributed by atoms with E-state index in [0.717, 1.165) is 36.1 Å². The first kappa shape index (κ1) is 21.5. The van der Waals surface area contributed by atoms with Crippen molar-refractivity contribution in [1.29, 1.82) is 0 Å². The van der Waals surface area contributed by atoms with Gasteiger partial charge >= 0.3 is 0 Å². The second-order valence-electron chi connectivity index (χ2n) is 7.60. The quantitative estimate of drug-likeness (QED) is 0.628. The number of halogens is 1. The highest BCUT2D eigenvalue weighted by Crippen LogP contribution is 2.36. The van der Waals surface area contributed by atoms with Crippen LogP contribution in [0.3, 0.4) is 0 Å². The molecule has 2 heterocycles. The van der Waals surface area contributed by atoms with E-state index in [9.17, 15) is 9.18 Å². The molecule has 0 saturated carbocycles. The molecule has 3 aromatic rings. The van der Waals surface area contributed by atoms with E-state index in [-0.39, 0.29) is 30.3 Å². The van der Waals surface area contributed by atoms with Crippen LogP contribution in [0.2, 0.25) is 0 Å². The Kier molecular flexibility index (Phi) is 6.49. The molecule has 1 aliphatic rings. The normalized spacial score (nSPS) is 15.9. The molecule has 166 valence electrons. The summed E-state index contributed by atoms with van der Waals surface area (Å²) in [5.41, 5.74) is 8.34. The Morgan fingerprint density at radius 1 is 1.19 bits per heavy atom. The lowest BCUT2D eigenvalue weighted by molar-refractivity contribution is -0.137. The lowest BCUT2D eigenvalue weighted by atomic mass is 9.93. The fourth-order valence-corrected chi connectivity index (χ4v) is 3.95. The van der Waals surface area contributed by atoms with E-state index in [0.29, 0.717) is 18.0 Å². The maximum atomic E-state index is 13.1. The number of likely N-dealkylation sites (tertiary alicyclic amines) is 1. The van der Waals surface area contributed by atoms with Gasteiger partial charge in [-0.15, -0.1) is 0 Å². The van der Waals surface area contributed by atoms with Crippen LogP contribution in [0.4, 0.5) is 10.3 Å². The number of rotatable bonds is 6. The number of hydrogen-bond acceptors (Lipinski definition) is 6. The average molecular weight is 436 g/mol. The van der Waals surface area contributed by atoms with Crippen molar-refractivity contribution in [3.05, 3.63) is 66.2 Å². The van der Waals surface area contributed by atoms with Gasteiger partial charge in [0.25, 0.3) is 5.91 Å². The van der Waals surface area contributed by atoms with Crippen molar-refractivity contribution in [2.45, 2.75) is 25.3 Å². The number of nitrogens with zero attached hydrogens (tertiary/aromatic N) is 3. The van der Waals surface area contributed by atoms with Crippen LogP contribution in [0.5, 0.6) is 11.5 Å². The summed E-state index contributed by atoms with van der Waals surface area (Å²) in [7, 11) is 1.61. The van der Waals surface area contributed by atoms with Crippen molar-refractivity contribution in [3.63, 3.8) is 0 Å². The van der Waals surface area contributed by atoms with Crippen molar-refractivity contribution in [3.8, 4) is 22.6 Å². The fourth-order valence-electron chi connectivity index (χ4n) is 3.95. The van der Waals surface area contributed by atoms with Crippen LogP contribution in [0.15, 0.2) is 54.7 Å². The number of amides is 1. The summed E-state index contributed by atoms with van der Waals surface area (Å²) < 4.78 is 24.1. The third-order valence-corrected chi connectivity index (χ3v) is 5.53. The topological polar surface area (TPSA) is 90.6 Å². The summed E-state index contributed by atoms with van der Waals surface area (Å²) in [6, 6.07) is 13.0. The van der Waals surface area contributed by atoms with Gasteiger partial charge in [0, 0.05) is 18.3 Å². The highest BCUT2D eigenvalue weighted by atomic mass is 19.1. The minimum absolute atomic E-state index is 0.142. The molecule has 1 atom stereocenters. The molecular formula is C24H25FN4O3. The molecule has 1 aromatic heterocycles. The number of hydrogen-bond donors (Lipinski definition) is 1. The Morgan fingerprint density at radius 3 is 2.78 bits per heavy atom. The number of nitrogens with two attached hydrogens (primary N) is 1. The molecule has 0 bridgehead atoms. The highest BCUT2D eigenvalue weighted by Gasteiger charge is 2.31. The second kappa shape index (κ2) is 9.64. The third kappa shape index (κ3) is 4.80. The van der Waals surface area contributed by atoms with Gasteiger partial charge in [-0.1, -0.05) is 12.1 Å². The highest BCUT2D eigenvalue weighted by molar-refractivity contribution is 5.79. The summed E-state index contributed by atoms with van der Waals surface area (Å²) in [5.74, 6) is 0.803. The Balaban J connectivity index is 1.61. The Bertz CT molecular complexity index is 1090. The van der Waals surface area contributed by atoms with Crippen molar-refractivity contribution in [1.82, 2.24) is 14.9 Å². The average Bonchev–Trinajstić information content (AvgIpc) is 2.83. The van der Waals surface area contributed by atoms with Crippen LogP contribution in [0.1, 0.15) is 31.0 Å². The van der Waals surface area contributed by atoms with Gasteiger partial charge in [-0.2, -0.15) is 0 Å². The van der Waals surface area contributed by atoms with Gasteiger partial charge in [0.1, 0.15) is 17.3 Å². The lowest BCUT2D eigenvalue weighted by Crippen LogP contribution is -2.41. The number of carbonyl (C=O) groups excluding carboxylic acids is 1. The number of benzene rings is 2. The van der Waals surface area contributed by atoms with Crippen LogP contribution in [0, 0.1) is 5.82 Å². The molecule has 1 unspecified atom stereocenters. The molecule has 0 radical (unpaired) electrons. The number of piperidine rings is 1. The predicted octanol–water partition coefficient (Wildman–Crippen LogP) is 4.01. The zero-order valence-electron chi connectivity index (χ0n) is 17.8. The minimum atomic E-state index is -0.355. The molecule has 7 nitrogen and oxygen atoms in total. The van der Waals surface area contributed by atoms with Crippen molar-refractivity contribution >= 4 is 11.9 Å². The molecule has 8 heteroatoms. The van der Waals surface area contributed by atoms with Crippen LogP contribution in [-0.4, -0.2) is 41.0 Å². The summed E-state index contributed by atoms with van der Waals surface area (Å²) >= 11 is 0. The van der Waals surface area contributed by atoms with Gasteiger partial charge in [-0.25, -0.2) is 14.4 Å². The molecular weight excluding hydrogens is 411 g/mol. The predicted molar refractivity (Wildman–Crippen MR) is 119 cm³/mol. The number of methoxy groups -OCH3 is 1. The summed E-state index contributed by atoms with van der Waals surface area (Å²) in [6.45, 7) is 0.453. The zero-order valence-corrected chi connectivity index (χ0v) is 17.8. The largest absolute Gasteiger partial charge is 0.497 e. The smallest absolute Gasteiger partial charge is 0.261 e. The summed E-state index contributed by atoms with van der Waals surface area (Å²) in [4.78, 5) is 23.6. The summed E-state index contributed by atoms with van der Waals surface area (Å²) in [6.07, 6.45) is 4.32. The van der Waals surface area contributed by atoms with Crippen LogP contribution >= 0.6 is 0 Å². The molecule has 32 heavy (non-hydrogen) atoms.